The van der Waals surface area contributed by atoms with Gasteiger partial charge in [-0.2, -0.15) is 0 Å². The van der Waals surface area contributed by atoms with E-state index in [1.165, 1.54) is 19.9 Å². The minimum Gasteiger partial charge on any atom is -0.450 e. The Morgan fingerprint density at radius 3 is 2.23 bits per heavy atom. The Bertz CT molecular complexity index is 829. The smallest absolute Gasteiger partial charge is 0.355 e. The minimum atomic E-state index is -1.02. The van der Waals surface area contributed by atoms with E-state index in [0.29, 0.717) is 16.1 Å². The highest BCUT2D eigenvalue weighted by molar-refractivity contribution is 6.30. The molecule has 26 heavy (non-hydrogen) atoms. The standard InChI is InChI=1S/C20H18ClNO4/c1-13(19(24)16-8-10-17(21)11-9-16)26-20(25)18(22-14(2)23)12-15-6-4-3-5-7-15/h3-13H,1-2H3,(H,22,23)/b18-12-/t13-/m0/s1. The lowest BCUT2D eigenvalue weighted by molar-refractivity contribution is -0.142. The number of amides is 1. The highest BCUT2D eigenvalue weighted by atomic mass is 35.5. The van der Waals surface area contributed by atoms with Crippen molar-refractivity contribution >= 4 is 35.3 Å². The summed E-state index contributed by atoms with van der Waals surface area (Å²) in [6.07, 6.45) is 0.472. The quantitative estimate of drug-likeness (QED) is 0.478. The fraction of sp³-hybridized carbons (Fsp3) is 0.150. The molecule has 0 bridgehead atoms. The third kappa shape index (κ3) is 5.57. The second-order valence-electron chi connectivity index (χ2n) is 5.57. The van der Waals surface area contributed by atoms with E-state index in [1.54, 1.807) is 48.5 Å². The second-order valence-corrected chi connectivity index (χ2v) is 6.00. The maximum absolute atomic E-state index is 12.4. The molecule has 2 aromatic carbocycles. The molecule has 0 saturated carbocycles. The number of Topliss-reactive ketones (excluding diaryl/α,β-unsaturated/α-hetero) is 1. The van der Waals surface area contributed by atoms with Gasteiger partial charge in [0.2, 0.25) is 11.7 Å². The summed E-state index contributed by atoms with van der Waals surface area (Å²) in [6.45, 7) is 2.76. The molecule has 0 heterocycles. The van der Waals surface area contributed by atoms with Crippen molar-refractivity contribution in [2.45, 2.75) is 20.0 Å². The van der Waals surface area contributed by atoms with Crippen LogP contribution in [0.2, 0.25) is 5.02 Å². The summed E-state index contributed by atoms with van der Waals surface area (Å²) in [6, 6.07) is 15.3. The zero-order valence-corrected chi connectivity index (χ0v) is 15.1. The van der Waals surface area contributed by atoms with Gasteiger partial charge < -0.3 is 10.1 Å². The molecule has 1 amide bonds. The van der Waals surface area contributed by atoms with Crippen LogP contribution in [0.25, 0.3) is 6.08 Å². The predicted molar refractivity (Wildman–Crippen MR) is 99.6 cm³/mol. The van der Waals surface area contributed by atoms with Crippen molar-refractivity contribution in [3.8, 4) is 0 Å². The van der Waals surface area contributed by atoms with E-state index in [9.17, 15) is 14.4 Å². The molecule has 6 heteroatoms. The first-order chi connectivity index (χ1) is 12.4. The van der Waals surface area contributed by atoms with Gasteiger partial charge in [-0.1, -0.05) is 41.9 Å². The first kappa shape index (κ1) is 19.4. The van der Waals surface area contributed by atoms with Crippen LogP contribution < -0.4 is 5.32 Å². The maximum Gasteiger partial charge on any atom is 0.355 e. The predicted octanol–water partition coefficient (Wildman–Crippen LogP) is 3.63. The summed E-state index contributed by atoms with van der Waals surface area (Å²) in [5.41, 5.74) is 1.05. The average molecular weight is 372 g/mol. The Morgan fingerprint density at radius 1 is 1.04 bits per heavy atom. The van der Waals surface area contributed by atoms with Crippen LogP contribution in [0.5, 0.6) is 0 Å². The van der Waals surface area contributed by atoms with Crippen LogP contribution in [0, 0.1) is 0 Å². The summed E-state index contributed by atoms with van der Waals surface area (Å²) in [4.78, 5) is 36.2. The molecule has 2 rings (SSSR count). The van der Waals surface area contributed by atoms with Gasteiger partial charge >= 0.3 is 5.97 Å². The van der Waals surface area contributed by atoms with Crippen molar-refractivity contribution in [3.05, 3.63) is 76.4 Å². The summed E-state index contributed by atoms with van der Waals surface area (Å²) < 4.78 is 5.23. The number of rotatable bonds is 6. The van der Waals surface area contributed by atoms with Crippen molar-refractivity contribution in [3.63, 3.8) is 0 Å². The molecule has 0 unspecified atom stereocenters. The lowest BCUT2D eigenvalue weighted by Gasteiger charge is -2.14. The summed E-state index contributed by atoms with van der Waals surface area (Å²) in [5.74, 6) is -1.57. The number of carbonyl (C=O) groups excluding carboxylic acids is 3. The molecular weight excluding hydrogens is 354 g/mol. The normalized spacial score (nSPS) is 12.2. The van der Waals surface area contributed by atoms with Gasteiger partial charge in [-0.15, -0.1) is 0 Å². The van der Waals surface area contributed by atoms with Crippen LogP contribution in [-0.4, -0.2) is 23.8 Å². The van der Waals surface area contributed by atoms with Crippen molar-refractivity contribution in [2.24, 2.45) is 0 Å². The van der Waals surface area contributed by atoms with E-state index in [1.807, 2.05) is 6.07 Å². The number of halogens is 1. The molecule has 134 valence electrons. The number of nitrogens with one attached hydrogen (secondary N) is 1. The number of hydrogen-bond acceptors (Lipinski definition) is 4. The first-order valence-corrected chi connectivity index (χ1v) is 8.29. The number of hydrogen-bond donors (Lipinski definition) is 1. The molecule has 1 atom stereocenters. The van der Waals surface area contributed by atoms with Crippen LogP contribution in [-0.2, 0) is 14.3 Å². The van der Waals surface area contributed by atoms with Gasteiger partial charge in [0, 0.05) is 17.5 Å². The molecule has 2 aromatic rings. The van der Waals surface area contributed by atoms with Crippen molar-refractivity contribution in [1.29, 1.82) is 0 Å². The van der Waals surface area contributed by atoms with Crippen molar-refractivity contribution in [2.75, 3.05) is 0 Å². The van der Waals surface area contributed by atoms with Gasteiger partial charge in [-0.3, -0.25) is 9.59 Å². The van der Waals surface area contributed by atoms with Crippen LogP contribution >= 0.6 is 11.6 Å². The van der Waals surface area contributed by atoms with Gasteiger partial charge in [0.05, 0.1) is 0 Å². The van der Waals surface area contributed by atoms with E-state index < -0.39 is 18.0 Å². The Labute approximate surface area is 156 Å². The Hall–Kier alpha value is -2.92. The van der Waals surface area contributed by atoms with Gasteiger partial charge in [-0.05, 0) is 42.8 Å². The van der Waals surface area contributed by atoms with E-state index in [-0.39, 0.29) is 11.5 Å². The van der Waals surface area contributed by atoms with Crippen LogP contribution in [0.15, 0.2) is 60.3 Å². The minimum absolute atomic E-state index is 0.0422. The van der Waals surface area contributed by atoms with Crippen LogP contribution in [0.3, 0.4) is 0 Å². The molecule has 5 nitrogen and oxygen atoms in total. The zero-order chi connectivity index (χ0) is 19.1. The van der Waals surface area contributed by atoms with Gasteiger partial charge in [0.25, 0.3) is 0 Å². The fourth-order valence-corrected chi connectivity index (χ4v) is 2.30. The number of esters is 1. The fourth-order valence-electron chi connectivity index (χ4n) is 2.18. The monoisotopic (exact) mass is 371 g/mol. The number of benzene rings is 2. The topological polar surface area (TPSA) is 72.5 Å². The number of ether oxygens (including phenoxy) is 1. The van der Waals surface area contributed by atoms with Crippen LogP contribution in [0.4, 0.5) is 0 Å². The third-order valence-electron chi connectivity index (χ3n) is 3.42. The van der Waals surface area contributed by atoms with E-state index in [2.05, 4.69) is 5.32 Å². The molecular formula is C20H18ClNO4. The van der Waals surface area contributed by atoms with E-state index in [0.717, 1.165) is 0 Å². The molecule has 0 spiro atoms. The molecule has 0 aromatic heterocycles. The lowest BCUT2D eigenvalue weighted by Crippen LogP contribution is -2.31. The largest absolute Gasteiger partial charge is 0.450 e. The maximum atomic E-state index is 12.4. The molecule has 0 radical (unpaired) electrons. The summed E-state index contributed by atoms with van der Waals surface area (Å²) in [5, 5.41) is 2.94. The van der Waals surface area contributed by atoms with Gasteiger partial charge in [0.15, 0.2) is 6.10 Å². The number of carbonyl (C=O) groups is 3. The highest BCUT2D eigenvalue weighted by Crippen LogP contribution is 2.14. The summed E-state index contributed by atoms with van der Waals surface area (Å²) >= 11 is 5.80. The SMILES string of the molecule is CC(=O)N/C(=C\c1ccccc1)C(=O)O[C@@H](C)C(=O)c1ccc(Cl)cc1. The van der Waals surface area contributed by atoms with E-state index in [4.69, 9.17) is 16.3 Å². The Kier molecular flexibility index (Phi) is 6.69. The van der Waals surface area contributed by atoms with Crippen molar-refractivity contribution in [1.82, 2.24) is 5.32 Å². The molecule has 0 aliphatic carbocycles. The Balaban J connectivity index is 2.15. The van der Waals surface area contributed by atoms with E-state index >= 15 is 0 Å². The zero-order valence-electron chi connectivity index (χ0n) is 14.4. The number of ketones is 1. The van der Waals surface area contributed by atoms with Crippen LogP contribution in [0.1, 0.15) is 29.8 Å². The summed E-state index contributed by atoms with van der Waals surface area (Å²) in [7, 11) is 0. The molecule has 0 fully saturated rings. The van der Waals surface area contributed by atoms with Gasteiger partial charge in [-0.25, -0.2) is 4.79 Å². The molecule has 0 aliphatic rings. The lowest BCUT2D eigenvalue weighted by atomic mass is 10.1. The van der Waals surface area contributed by atoms with Gasteiger partial charge in [0.1, 0.15) is 5.70 Å². The molecule has 0 aliphatic heterocycles. The third-order valence-corrected chi connectivity index (χ3v) is 3.67. The van der Waals surface area contributed by atoms with Crippen molar-refractivity contribution < 1.29 is 19.1 Å². The molecule has 0 saturated heterocycles. The second kappa shape index (κ2) is 8.97. The first-order valence-electron chi connectivity index (χ1n) is 7.92. The Morgan fingerprint density at radius 2 is 1.65 bits per heavy atom. The molecule has 1 N–H and O–H groups in total. The highest BCUT2D eigenvalue weighted by Gasteiger charge is 2.22. The average Bonchev–Trinajstić information content (AvgIpc) is 2.61.